The van der Waals surface area contributed by atoms with E-state index in [0.717, 1.165) is 48.6 Å². The molecule has 16 heteroatoms. The van der Waals surface area contributed by atoms with Gasteiger partial charge < -0.3 is 44.9 Å². The molecule has 4 N–H and O–H groups in total. The maximum Gasteiger partial charge on any atom is 0.264 e. The van der Waals surface area contributed by atoms with Crippen molar-refractivity contribution in [2.24, 2.45) is 5.92 Å². The molecule has 70 heavy (non-hydrogen) atoms. The summed E-state index contributed by atoms with van der Waals surface area (Å²) < 4.78 is 7.21. The number of amides is 4. The van der Waals surface area contributed by atoms with E-state index in [2.05, 4.69) is 44.7 Å². The molecular weight excluding hydrogens is 901 g/mol. The van der Waals surface area contributed by atoms with Crippen LogP contribution in [0.15, 0.2) is 103 Å². The van der Waals surface area contributed by atoms with Gasteiger partial charge in [0.15, 0.2) is 13.9 Å². The molecule has 7 heterocycles. The van der Waals surface area contributed by atoms with E-state index < -0.39 is 42.6 Å². The molecular formula is C54H66N8O7Si. The second kappa shape index (κ2) is 17.9. The van der Waals surface area contributed by atoms with Crippen LogP contribution in [0.2, 0.25) is 18.6 Å². The summed E-state index contributed by atoms with van der Waals surface area (Å²) >= 11 is 0. The summed E-state index contributed by atoms with van der Waals surface area (Å²) in [7, 11) is -3.14. The zero-order valence-electron chi connectivity index (χ0n) is 40.6. The Hall–Kier alpha value is -5.62. The molecule has 0 aliphatic carbocycles. The number of nitrogens with one attached hydrogen (secondary N) is 2. The highest BCUT2D eigenvalue weighted by Crippen LogP contribution is 2.61. The lowest BCUT2D eigenvalue weighted by Gasteiger charge is -2.39. The van der Waals surface area contributed by atoms with Gasteiger partial charge in [0.2, 0.25) is 5.91 Å². The monoisotopic (exact) mass is 966 g/mol. The topological polar surface area (TPSA) is 161 Å². The first-order valence-corrected chi connectivity index (χ1v) is 28.4. The smallest absolute Gasteiger partial charge is 0.264 e. The van der Waals surface area contributed by atoms with Gasteiger partial charge in [0.25, 0.3) is 17.7 Å². The van der Waals surface area contributed by atoms with Crippen LogP contribution < -0.4 is 35.1 Å². The Morgan fingerprint density at radius 2 is 1.27 bits per heavy atom. The molecule has 4 aromatic carbocycles. The van der Waals surface area contributed by atoms with Crippen molar-refractivity contribution in [3.63, 3.8) is 0 Å². The summed E-state index contributed by atoms with van der Waals surface area (Å²) in [4.78, 5) is 83.2. The minimum absolute atomic E-state index is 0.0113. The second-order valence-electron chi connectivity index (χ2n) is 21.2. The van der Waals surface area contributed by atoms with Crippen molar-refractivity contribution in [2.75, 3.05) is 77.2 Å². The van der Waals surface area contributed by atoms with Gasteiger partial charge in [0, 0.05) is 46.3 Å². The molecule has 7 aliphatic heterocycles. The van der Waals surface area contributed by atoms with Crippen LogP contribution in [-0.2, 0) is 36.1 Å². The standard InChI is InChI=1S/C54H66N8O7Si/c1-37-48(70(2,3)68)46(32-47(64)57-30-10-15-43(57)34-63)69-54(37)44-31-42(60-36-62(41-13-8-5-9-14-41)53(50(60)66)24-28-56-29-25-53)20-21-45(44)58(51(54)67)33-38-16-18-39(19-17-38)59-35-61(40-11-6-4-7-12-40)52(49(59)65)22-26-55-27-23-52/h4-9,11-14,16-21,31,37,43,46,48,55-56,63,68H,10,15,22-30,32-36H2,1-3H3/t37-,43-,46+,48-,54+/m0/s1. The molecule has 0 saturated carbocycles. The van der Waals surface area contributed by atoms with E-state index >= 15 is 4.79 Å². The minimum atomic E-state index is -3.14. The first-order valence-electron chi connectivity index (χ1n) is 25.4. The van der Waals surface area contributed by atoms with E-state index in [9.17, 15) is 24.3 Å². The van der Waals surface area contributed by atoms with E-state index in [-0.39, 0.29) is 49.2 Å². The lowest BCUT2D eigenvalue weighted by atomic mass is 9.82. The SMILES string of the molecule is C[C@H]1[C@H]([Si](C)(C)O)[C@@H](CC(=O)N2CCC[C@H]2CO)O[C@]12C(=O)N(Cc1ccc(N3CN(c4ccccc4)C4(CCNCC4)C3=O)cc1)c1ccc(N3CN(c4ccccc4)C4(CCNCC4)C3=O)cc12. The van der Waals surface area contributed by atoms with E-state index in [1.165, 1.54) is 0 Å². The number of nitrogens with zero attached hydrogens (tertiary/aromatic N) is 6. The molecule has 368 valence electrons. The van der Waals surface area contributed by atoms with Crippen LogP contribution in [0.25, 0.3) is 0 Å². The predicted molar refractivity (Wildman–Crippen MR) is 272 cm³/mol. The summed E-state index contributed by atoms with van der Waals surface area (Å²) in [5.41, 5.74) is 2.09. The third-order valence-electron chi connectivity index (χ3n) is 17.0. The first-order chi connectivity index (χ1) is 33.8. The van der Waals surface area contributed by atoms with Crippen LogP contribution >= 0.6 is 0 Å². The summed E-state index contributed by atoms with van der Waals surface area (Å²) in [6, 6.07) is 33.7. The number of ether oxygens (including phenoxy) is 1. The van der Waals surface area contributed by atoms with Crippen LogP contribution in [0.1, 0.15) is 63.0 Å². The average molecular weight is 967 g/mol. The number of likely N-dealkylation sites (tertiary alicyclic amines) is 1. The summed E-state index contributed by atoms with van der Waals surface area (Å²) in [6.07, 6.45) is 3.42. The van der Waals surface area contributed by atoms with Gasteiger partial charge in [0.1, 0.15) is 11.1 Å². The zero-order chi connectivity index (χ0) is 48.6. The molecule has 4 aromatic rings. The van der Waals surface area contributed by atoms with E-state index in [4.69, 9.17) is 4.74 Å². The Bertz CT molecular complexity index is 2640. The van der Waals surface area contributed by atoms with Gasteiger partial charge in [0.05, 0.1) is 50.7 Å². The number of carbonyl (C=O) groups excluding carboxylic acids is 4. The molecule has 0 bridgehead atoms. The van der Waals surface area contributed by atoms with Crippen molar-refractivity contribution in [1.82, 2.24) is 15.5 Å². The number of aliphatic hydroxyl groups excluding tert-OH is 1. The van der Waals surface area contributed by atoms with Gasteiger partial charge >= 0.3 is 0 Å². The van der Waals surface area contributed by atoms with Crippen LogP contribution in [0.3, 0.4) is 0 Å². The normalized spacial score (nSPS) is 27.3. The second-order valence-corrected chi connectivity index (χ2v) is 25.2. The quantitative estimate of drug-likeness (QED) is 0.153. The van der Waals surface area contributed by atoms with E-state index in [1.807, 2.05) is 109 Å². The van der Waals surface area contributed by atoms with Crippen LogP contribution in [-0.4, -0.2) is 123 Å². The van der Waals surface area contributed by atoms with E-state index in [0.29, 0.717) is 75.6 Å². The molecule has 15 nitrogen and oxygen atoms in total. The van der Waals surface area contributed by atoms with Crippen molar-refractivity contribution in [3.8, 4) is 0 Å². The van der Waals surface area contributed by atoms with Gasteiger partial charge in [-0.15, -0.1) is 0 Å². The Kier molecular flexibility index (Phi) is 12.0. The molecule has 5 atom stereocenters. The Labute approximate surface area is 411 Å². The van der Waals surface area contributed by atoms with E-state index in [1.54, 1.807) is 9.80 Å². The summed E-state index contributed by atoms with van der Waals surface area (Å²) in [5, 5.41) is 17.0. The number of benzene rings is 4. The Morgan fingerprint density at radius 1 is 0.729 bits per heavy atom. The maximum absolute atomic E-state index is 15.7. The van der Waals surface area contributed by atoms with Gasteiger partial charge in [-0.3, -0.25) is 29.0 Å². The highest BCUT2D eigenvalue weighted by atomic mass is 28.4. The van der Waals surface area contributed by atoms with Gasteiger partial charge in [-0.2, -0.15) is 0 Å². The molecule has 0 aromatic heterocycles. The lowest BCUT2D eigenvalue weighted by molar-refractivity contribution is -0.150. The van der Waals surface area contributed by atoms with Crippen molar-refractivity contribution in [2.45, 2.75) is 106 Å². The number of hydrogen-bond donors (Lipinski definition) is 4. The third kappa shape index (κ3) is 7.39. The fraction of sp³-hybridized carbons (Fsp3) is 0.481. The lowest BCUT2D eigenvalue weighted by Crippen LogP contribution is -2.55. The number of piperidine rings is 2. The Morgan fingerprint density at radius 3 is 1.81 bits per heavy atom. The number of anilines is 5. The number of carbonyl (C=O) groups is 4. The average Bonchev–Trinajstić information content (AvgIpc) is 4.16. The number of rotatable bonds is 10. The van der Waals surface area contributed by atoms with Crippen LogP contribution in [0.5, 0.6) is 0 Å². The van der Waals surface area contributed by atoms with Crippen molar-refractivity contribution >= 4 is 60.4 Å². The molecule has 0 unspecified atom stereocenters. The molecule has 4 amide bonds. The largest absolute Gasteiger partial charge is 0.432 e. The number of aliphatic hydroxyl groups is 1. The molecule has 0 radical (unpaired) electrons. The van der Waals surface area contributed by atoms with Crippen LogP contribution in [0.4, 0.5) is 28.4 Å². The zero-order valence-corrected chi connectivity index (χ0v) is 41.6. The Balaban J connectivity index is 0.952. The number of fused-ring (bicyclic) bond motifs is 2. The minimum Gasteiger partial charge on any atom is -0.432 e. The van der Waals surface area contributed by atoms with Crippen LogP contribution in [0, 0.1) is 5.92 Å². The molecule has 3 spiro atoms. The predicted octanol–water partition coefficient (Wildman–Crippen LogP) is 5.27. The third-order valence-corrected chi connectivity index (χ3v) is 19.5. The highest BCUT2D eigenvalue weighted by Gasteiger charge is 2.67. The fourth-order valence-corrected chi connectivity index (χ4v) is 16.1. The summed E-state index contributed by atoms with van der Waals surface area (Å²) in [6.45, 7) is 9.99. The fourth-order valence-electron chi connectivity index (χ4n) is 13.5. The molecule has 6 fully saturated rings. The van der Waals surface area contributed by atoms with Gasteiger partial charge in [-0.05, 0) is 138 Å². The molecule has 6 saturated heterocycles. The number of para-hydroxylation sites is 2. The first kappa shape index (κ1) is 46.7. The molecule has 7 aliphatic rings. The van der Waals surface area contributed by atoms with Crippen molar-refractivity contribution < 1.29 is 33.8 Å². The number of hydrogen-bond acceptors (Lipinski definition) is 11. The van der Waals surface area contributed by atoms with Crippen molar-refractivity contribution in [1.29, 1.82) is 0 Å². The van der Waals surface area contributed by atoms with Crippen molar-refractivity contribution in [3.05, 3.63) is 114 Å². The summed E-state index contributed by atoms with van der Waals surface area (Å²) in [5.74, 6) is -0.880. The highest BCUT2D eigenvalue weighted by molar-refractivity contribution is 6.71. The maximum atomic E-state index is 15.7. The van der Waals surface area contributed by atoms with Gasteiger partial charge in [-0.25, -0.2) is 0 Å². The molecule has 11 rings (SSSR count). The van der Waals surface area contributed by atoms with Gasteiger partial charge in [-0.1, -0.05) is 55.5 Å².